The Bertz CT molecular complexity index is 1360. The summed E-state index contributed by atoms with van der Waals surface area (Å²) in [6.07, 6.45) is 0. The van der Waals surface area contributed by atoms with Gasteiger partial charge in [-0.1, -0.05) is 97.1 Å². The Morgan fingerprint density at radius 1 is 0.535 bits per heavy atom. The zero-order valence-electron chi connectivity index (χ0n) is 23.3. The summed E-state index contributed by atoms with van der Waals surface area (Å²) < 4.78 is 0. The predicted molar refractivity (Wildman–Crippen MR) is 167 cm³/mol. The van der Waals surface area contributed by atoms with Crippen LogP contribution in [0.4, 0.5) is 0 Å². The van der Waals surface area contributed by atoms with Crippen molar-refractivity contribution in [2.24, 2.45) is 0 Å². The van der Waals surface area contributed by atoms with Crippen LogP contribution in [0.5, 0.6) is 0 Å². The van der Waals surface area contributed by atoms with Crippen molar-refractivity contribution in [3.05, 3.63) is 155 Å². The minimum absolute atomic E-state index is 0. The number of ketones is 2. The summed E-state index contributed by atoms with van der Waals surface area (Å²) in [6, 6.07) is 31.5. The molecule has 2 unspecified atom stereocenters. The molecule has 230 valence electrons. The molecular formula is C32H32Cl2N2O6Pt. The molecule has 0 saturated carbocycles. The normalized spacial score (nSPS) is 11.0. The van der Waals surface area contributed by atoms with E-state index in [4.69, 9.17) is 29.0 Å². The Balaban J connectivity index is 0.000000721. The maximum atomic E-state index is 12.2. The number of aliphatic carboxylic acids is 2. The van der Waals surface area contributed by atoms with E-state index in [0.717, 1.165) is 0 Å². The monoisotopic (exact) mass is 805 g/mol. The number of benzene rings is 4. The van der Waals surface area contributed by atoms with Gasteiger partial charge in [-0.25, -0.2) is 0 Å². The first kappa shape index (κ1) is 39.3. The average molecular weight is 807 g/mol. The molecule has 0 amide bonds. The van der Waals surface area contributed by atoms with Gasteiger partial charge in [-0.2, -0.15) is 0 Å². The van der Waals surface area contributed by atoms with Crippen LogP contribution < -0.4 is 0 Å². The summed E-state index contributed by atoms with van der Waals surface area (Å²) in [6.45, 7) is 3.21. The topological polar surface area (TPSA) is 176 Å². The van der Waals surface area contributed by atoms with Crippen LogP contribution in [0.1, 0.15) is 68.7 Å². The Hall–Kier alpha value is -3.65. The number of carbonyl (C=O) groups excluding carboxylic acids is 2. The number of carboxylic acid groups (broad SMARTS) is 2. The third kappa shape index (κ3) is 12.2. The summed E-state index contributed by atoms with van der Waals surface area (Å²) in [5.41, 5.74) is 3.49. The van der Waals surface area contributed by atoms with E-state index in [1.54, 1.807) is 111 Å². The molecular weight excluding hydrogens is 774 g/mol. The quantitative estimate of drug-likeness (QED) is 0.168. The van der Waals surface area contributed by atoms with Crippen LogP contribution in [0.25, 0.3) is 12.3 Å². The van der Waals surface area contributed by atoms with Crippen molar-refractivity contribution in [1.29, 1.82) is 0 Å². The Morgan fingerprint density at radius 3 is 1.09 bits per heavy atom. The fraction of sp³-hybridized carbons (Fsp3) is 0.125. The van der Waals surface area contributed by atoms with E-state index >= 15 is 0 Å². The van der Waals surface area contributed by atoms with Gasteiger partial charge in [-0.05, 0) is 37.1 Å². The van der Waals surface area contributed by atoms with Gasteiger partial charge in [0, 0.05) is 22.3 Å². The van der Waals surface area contributed by atoms with Gasteiger partial charge in [0.2, 0.25) is 0 Å². The Morgan fingerprint density at radius 2 is 0.814 bits per heavy atom. The average Bonchev–Trinajstić information content (AvgIpc) is 3.01. The zero-order valence-corrected chi connectivity index (χ0v) is 27.1. The third-order valence-corrected chi connectivity index (χ3v) is 6.11. The summed E-state index contributed by atoms with van der Waals surface area (Å²) >= 11 is -0.472. The molecule has 4 rings (SSSR count). The molecule has 0 bridgehead atoms. The van der Waals surface area contributed by atoms with E-state index in [1.165, 1.54) is 0 Å². The number of halogens is 2. The van der Waals surface area contributed by atoms with Crippen molar-refractivity contribution < 1.29 is 45.9 Å². The van der Waals surface area contributed by atoms with Crippen LogP contribution in [-0.2, 0) is 26.1 Å². The SMILES string of the molecule is CC(C(=O)O)c1cccc(C(=O)c2ccccc2)c1.CC(C(=O)O)c1cccc(C(=O)c2ccccc2)c1.[Cl][Pt+2][Cl].[NH2-].[NH2-]. The molecule has 0 aromatic heterocycles. The molecule has 0 aliphatic carbocycles. The van der Waals surface area contributed by atoms with E-state index in [1.807, 2.05) is 12.1 Å². The fourth-order valence-electron chi connectivity index (χ4n) is 3.70. The van der Waals surface area contributed by atoms with Crippen molar-refractivity contribution in [2.75, 3.05) is 0 Å². The third-order valence-electron chi connectivity index (χ3n) is 6.11. The second kappa shape index (κ2) is 20.3. The molecule has 4 aromatic rings. The summed E-state index contributed by atoms with van der Waals surface area (Å²) in [5.74, 6) is -3.24. The predicted octanol–water partition coefficient (Wildman–Crippen LogP) is 9.02. The van der Waals surface area contributed by atoms with E-state index in [9.17, 15) is 19.2 Å². The smallest absolute Gasteiger partial charge is 0.693 e. The molecule has 0 aliphatic heterocycles. The van der Waals surface area contributed by atoms with Gasteiger partial charge in [0.05, 0.1) is 11.8 Å². The zero-order chi connectivity index (χ0) is 30.4. The molecule has 11 heteroatoms. The van der Waals surface area contributed by atoms with E-state index in [0.29, 0.717) is 33.4 Å². The van der Waals surface area contributed by atoms with E-state index < -0.39 is 40.3 Å². The first-order valence-electron chi connectivity index (χ1n) is 12.3. The fourth-order valence-corrected chi connectivity index (χ4v) is 3.70. The summed E-state index contributed by atoms with van der Waals surface area (Å²) in [7, 11) is 9.75. The second-order valence-electron chi connectivity index (χ2n) is 8.81. The van der Waals surface area contributed by atoms with Gasteiger partial charge in [0.1, 0.15) is 0 Å². The summed E-state index contributed by atoms with van der Waals surface area (Å²) in [4.78, 5) is 46.4. The largest absolute Gasteiger partial charge is 0.693 e. The Kier molecular flexibility index (Phi) is 18.6. The molecule has 0 heterocycles. The van der Waals surface area contributed by atoms with Gasteiger partial charge in [0.15, 0.2) is 11.6 Å². The number of hydrogen-bond acceptors (Lipinski definition) is 4. The van der Waals surface area contributed by atoms with Gasteiger partial charge in [0.25, 0.3) is 0 Å². The minimum Gasteiger partial charge on any atom is -0.693 e. The molecule has 4 aromatic carbocycles. The van der Waals surface area contributed by atoms with Crippen molar-refractivity contribution in [1.82, 2.24) is 0 Å². The standard InChI is InChI=1S/2C16H14O3.2ClH.2H2N.Pt/c2*1-11(16(18)19)13-8-5-9-14(10-13)15(17)12-6-3-2-4-7-12;;;;;/h2*2-11H,1H3,(H,18,19);2*1H;2*1H2;/q;;;;2*-1;+4/p-2. The first-order valence-corrected chi connectivity index (χ1v) is 17.9. The number of carbonyl (C=O) groups is 4. The number of hydrogen-bond donors (Lipinski definition) is 2. The maximum Gasteiger partial charge on any atom is -0.693 e. The number of nitrogens with two attached hydrogens (primary N) is 2. The van der Waals surface area contributed by atoms with Crippen LogP contribution in [0.15, 0.2) is 109 Å². The van der Waals surface area contributed by atoms with Crippen LogP contribution in [0.2, 0.25) is 0 Å². The van der Waals surface area contributed by atoms with Crippen molar-refractivity contribution in [2.45, 2.75) is 25.7 Å². The van der Waals surface area contributed by atoms with Gasteiger partial charge < -0.3 is 22.5 Å². The number of carboxylic acids is 2. The maximum absolute atomic E-state index is 12.2. The van der Waals surface area contributed by atoms with Gasteiger partial charge in [-0.3, -0.25) is 19.2 Å². The van der Waals surface area contributed by atoms with Crippen molar-refractivity contribution >= 4 is 42.3 Å². The van der Waals surface area contributed by atoms with E-state index in [2.05, 4.69) is 0 Å². The molecule has 8 nitrogen and oxygen atoms in total. The molecule has 0 saturated heterocycles. The van der Waals surface area contributed by atoms with E-state index in [-0.39, 0.29) is 23.9 Å². The van der Waals surface area contributed by atoms with Crippen LogP contribution in [0, 0.1) is 0 Å². The Labute approximate surface area is 267 Å². The van der Waals surface area contributed by atoms with Gasteiger partial charge in [-0.15, -0.1) is 0 Å². The van der Waals surface area contributed by atoms with Crippen molar-refractivity contribution in [3.8, 4) is 0 Å². The molecule has 0 spiro atoms. The summed E-state index contributed by atoms with van der Waals surface area (Å²) in [5, 5.41) is 18.0. The van der Waals surface area contributed by atoms with Gasteiger partial charge >= 0.3 is 47.3 Å². The first-order chi connectivity index (χ1) is 19.6. The molecule has 0 aliphatic rings. The molecule has 0 radical (unpaired) electrons. The molecule has 43 heavy (non-hydrogen) atoms. The molecule has 6 N–H and O–H groups in total. The minimum atomic E-state index is -0.899. The molecule has 0 fully saturated rings. The second-order valence-corrected chi connectivity index (χ2v) is 12.1. The van der Waals surface area contributed by atoms with Crippen LogP contribution in [-0.4, -0.2) is 33.7 Å². The molecule has 2 atom stereocenters. The van der Waals surface area contributed by atoms with Crippen LogP contribution >= 0.6 is 18.8 Å². The van der Waals surface area contributed by atoms with Crippen molar-refractivity contribution in [3.63, 3.8) is 0 Å². The van der Waals surface area contributed by atoms with Crippen LogP contribution in [0.3, 0.4) is 0 Å². The number of rotatable bonds is 8.